The summed E-state index contributed by atoms with van der Waals surface area (Å²) < 4.78 is 4.48. The molecule has 0 unspecified atom stereocenters. The van der Waals surface area contributed by atoms with Crippen molar-refractivity contribution < 1.29 is 0 Å². The van der Waals surface area contributed by atoms with Gasteiger partial charge in [0.05, 0.1) is 33.5 Å². The Morgan fingerprint density at radius 2 is 1.12 bits per heavy atom. The second-order valence-electron chi connectivity index (χ2n) is 8.38. The molecule has 160 valence electrons. The molecular formula is C30H20N4. The molecule has 0 aliphatic carbocycles. The fourth-order valence-corrected chi connectivity index (χ4v) is 4.77. The van der Waals surface area contributed by atoms with Gasteiger partial charge in [-0.1, -0.05) is 72.8 Å². The average Bonchev–Trinajstić information content (AvgIpc) is 3.44. The van der Waals surface area contributed by atoms with E-state index in [2.05, 4.69) is 106 Å². The summed E-state index contributed by atoms with van der Waals surface area (Å²) in [6.45, 7) is 0. The summed E-state index contributed by atoms with van der Waals surface area (Å²) in [6.07, 6.45) is 0. The lowest BCUT2D eigenvalue weighted by atomic mass is 10.1. The number of hydrogen-bond acceptors (Lipinski definition) is 2. The molecule has 7 rings (SSSR count). The second-order valence-corrected chi connectivity index (χ2v) is 8.38. The van der Waals surface area contributed by atoms with Gasteiger partial charge < -0.3 is 0 Å². The van der Waals surface area contributed by atoms with Crippen molar-refractivity contribution in [2.75, 3.05) is 0 Å². The Labute approximate surface area is 196 Å². The van der Waals surface area contributed by atoms with E-state index in [4.69, 9.17) is 9.97 Å². The first-order chi connectivity index (χ1) is 16.9. The van der Waals surface area contributed by atoms with Crippen molar-refractivity contribution in [1.29, 1.82) is 0 Å². The number of fused-ring (bicyclic) bond motifs is 5. The topological polar surface area (TPSA) is 35.1 Å². The van der Waals surface area contributed by atoms with Crippen LogP contribution in [0.2, 0.25) is 0 Å². The van der Waals surface area contributed by atoms with E-state index >= 15 is 0 Å². The van der Waals surface area contributed by atoms with E-state index in [-0.39, 0.29) is 0 Å². The molecule has 0 N–H and O–H groups in total. The Hall–Kier alpha value is -4.70. The van der Waals surface area contributed by atoms with Crippen LogP contribution in [0, 0.1) is 0 Å². The predicted molar refractivity (Wildman–Crippen MR) is 138 cm³/mol. The smallest absolute Gasteiger partial charge is 0.220 e. The Kier molecular flexibility index (Phi) is 4.11. The molecule has 3 aromatic heterocycles. The third-order valence-corrected chi connectivity index (χ3v) is 6.33. The number of para-hydroxylation sites is 4. The van der Waals surface area contributed by atoms with Crippen LogP contribution in [0.25, 0.3) is 56.0 Å². The third-order valence-electron chi connectivity index (χ3n) is 6.33. The highest BCUT2D eigenvalue weighted by molar-refractivity contribution is 5.92. The summed E-state index contributed by atoms with van der Waals surface area (Å²) in [6, 6.07) is 41.8. The fraction of sp³-hybridized carbons (Fsp3) is 0. The maximum Gasteiger partial charge on any atom is 0.220 e. The molecule has 34 heavy (non-hydrogen) atoms. The lowest BCUT2D eigenvalue weighted by molar-refractivity contribution is 1.11. The fourth-order valence-electron chi connectivity index (χ4n) is 4.77. The van der Waals surface area contributed by atoms with Crippen LogP contribution in [-0.2, 0) is 0 Å². The van der Waals surface area contributed by atoms with Gasteiger partial charge in [-0.3, -0.25) is 8.97 Å². The lowest BCUT2D eigenvalue weighted by Crippen LogP contribution is -1.96. The number of aromatic nitrogens is 4. The van der Waals surface area contributed by atoms with Gasteiger partial charge in [-0.05, 0) is 48.5 Å². The highest BCUT2D eigenvalue weighted by atomic mass is 15.2. The molecule has 0 aliphatic rings. The summed E-state index contributed by atoms with van der Waals surface area (Å²) in [5.74, 6) is 0.908. The standard InChI is InChI=1S/C30H20N4/c1-2-10-21(11-3-1)24-15-9-16-25(31-24)22-12-8-13-23(20-22)33-28-18-6-7-19-29(28)34-27-17-5-4-14-26(27)32-30(33)34/h1-20H. The van der Waals surface area contributed by atoms with Crippen molar-refractivity contribution >= 4 is 27.8 Å². The number of rotatable bonds is 3. The summed E-state index contributed by atoms with van der Waals surface area (Å²) in [5.41, 5.74) is 9.53. The van der Waals surface area contributed by atoms with Crippen LogP contribution < -0.4 is 0 Å². The number of benzene rings is 4. The van der Waals surface area contributed by atoms with Crippen LogP contribution in [0.4, 0.5) is 0 Å². The highest BCUT2D eigenvalue weighted by Gasteiger charge is 2.17. The van der Waals surface area contributed by atoms with Gasteiger partial charge in [0.1, 0.15) is 0 Å². The minimum absolute atomic E-state index is 0.908. The average molecular weight is 437 g/mol. The van der Waals surface area contributed by atoms with Crippen molar-refractivity contribution in [2.45, 2.75) is 0 Å². The zero-order chi connectivity index (χ0) is 22.5. The van der Waals surface area contributed by atoms with E-state index in [1.54, 1.807) is 0 Å². The molecule has 4 nitrogen and oxygen atoms in total. The molecule has 0 aliphatic heterocycles. The summed E-state index contributed by atoms with van der Waals surface area (Å²) in [5, 5.41) is 0. The Balaban J connectivity index is 1.44. The highest BCUT2D eigenvalue weighted by Crippen LogP contribution is 2.31. The largest absolute Gasteiger partial charge is 0.278 e. The molecule has 0 spiro atoms. The summed E-state index contributed by atoms with van der Waals surface area (Å²) in [4.78, 5) is 9.96. The monoisotopic (exact) mass is 436 g/mol. The molecule has 0 bridgehead atoms. The van der Waals surface area contributed by atoms with Crippen LogP contribution in [0.15, 0.2) is 121 Å². The normalized spacial score (nSPS) is 11.5. The van der Waals surface area contributed by atoms with Gasteiger partial charge in [-0.25, -0.2) is 9.97 Å². The van der Waals surface area contributed by atoms with Crippen LogP contribution in [-0.4, -0.2) is 18.9 Å². The van der Waals surface area contributed by atoms with Gasteiger partial charge in [-0.15, -0.1) is 0 Å². The maximum absolute atomic E-state index is 5.00. The number of nitrogens with zero attached hydrogens (tertiary/aromatic N) is 4. The second kappa shape index (κ2) is 7.42. The van der Waals surface area contributed by atoms with Crippen LogP contribution in [0.5, 0.6) is 0 Å². The molecule has 4 heteroatoms. The van der Waals surface area contributed by atoms with Crippen LogP contribution in [0.1, 0.15) is 0 Å². The molecular weight excluding hydrogens is 416 g/mol. The molecule has 0 saturated heterocycles. The molecule has 0 fully saturated rings. The minimum Gasteiger partial charge on any atom is -0.278 e. The molecule has 0 radical (unpaired) electrons. The molecule has 3 heterocycles. The van der Waals surface area contributed by atoms with Gasteiger partial charge in [0.15, 0.2) is 0 Å². The van der Waals surface area contributed by atoms with E-state index in [0.29, 0.717) is 0 Å². The Bertz CT molecular complexity index is 1810. The van der Waals surface area contributed by atoms with Crippen LogP contribution in [0.3, 0.4) is 0 Å². The van der Waals surface area contributed by atoms with Crippen LogP contribution >= 0.6 is 0 Å². The van der Waals surface area contributed by atoms with Crippen molar-refractivity contribution in [2.24, 2.45) is 0 Å². The first-order valence-electron chi connectivity index (χ1n) is 11.4. The number of imidazole rings is 2. The quantitative estimate of drug-likeness (QED) is 0.295. The molecule has 0 amide bonds. The van der Waals surface area contributed by atoms with Gasteiger partial charge in [0.25, 0.3) is 0 Å². The van der Waals surface area contributed by atoms with E-state index < -0.39 is 0 Å². The first kappa shape index (κ1) is 18.8. The van der Waals surface area contributed by atoms with Gasteiger partial charge in [0, 0.05) is 16.8 Å². The van der Waals surface area contributed by atoms with Gasteiger partial charge in [0.2, 0.25) is 5.78 Å². The van der Waals surface area contributed by atoms with Crippen molar-refractivity contribution in [3.63, 3.8) is 0 Å². The zero-order valence-corrected chi connectivity index (χ0v) is 18.3. The minimum atomic E-state index is 0.908. The summed E-state index contributed by atoms with van der Waals surface area (Å²) >= 11 is 0. The van der Waals surface area contributed by atoms with E-state index in [9.17, 15) is 0 Å². The van der Waals surface area contributed by atoms with Gasteiger partial charge in [-0.2, -0.15) is 0 Å². The maximum atomic E-state index is 5.00. The SMILES string of the molecule is c1ccc(-c2cccc(-c3cccc(-n4c5ccccc5n5c6ccccc6nc45)c3)n2)cc1. The molecule has 0 atom stereocenters. The molecule has 7 aromatic rings. The van der Waals surface area contributed by atoms with E-state index in [0.717, 1.165) is 56.0 Å². The zero-order valence-electron chi connectivity index (χ0n) is 18.3. The number of pyridine rings is 1. The Morgan fingerprint density at radius 3 is 1.97 bits per heavy atom. The number of hydrogen-bond donors (Lipinski definition) is 0. The third kappa shape index (κ3) is 2.86. The van der Waals surface area contributed by atoms with Crippen molar-refractivity contribution in [3.05, 3.63) is 121 Å². The van der Waals surface area contributed by atoms with E-state index in [1.165, 1.54) is 0 Å². The molecule has 4 aromatic carbocycles. The lowest BCUT2D eigenvalue weighted by Gasteiger charge is -2.09. The summed E-state index contributed by atoms with van der Waals surface area (Å²) in [7, 11) is 0. The Morgan fingerprint density at radius 1 is 0.471 bits per heavy atom. The first-order valence-corrected chi connectivity index (χ1v) is 11.4. The van der Waals surface area contributed by atoms with Gasteiger partial charge >= 0.3 is 0 Å². The van der Waals surface area contributed by atoms with Crippen molar-refractivity contribution in [3.8, 4) is 28.2 Å². The predicted octanol–water partition coefficient (Wildman–Crippen LogP) is 7.16. The molecule has 0 saturated carbocycles. The van der Waals surface area contributed by atoms with E-state index in [1.807, 2.05) is 24.3 Å². The van der Waals surface area contributed by atoms with Crippen molar-refractivity contribution in [1.82, 2.24) is 18.9 Å².